The summed E-state index contributed by atoms with van der Waals surface area (Å²) in [5, 5.41) is 29.6. The van der Waals surface area contributed by atoms with Gasteiger partial charge in [0.2, 0.25) is 0 Å². The van der Waals surface area contributed by atoms with E-state index < -0.39 is 27.4 Å². The van der Waals surface area contributed by atoms with Crippen LogP contribution in [0.2, 0.25) is 0 Å². The molecule has 1 aliphatic carbocycles. The number of hydrogen-bond acceptors (Lipinski definition) is 12. The first-order valence-electron chi connectivity index (χ1n) is 16.4. The van der Waals surface area contributed by atoms with Crippen LogP contribution in [-0.2, 0) is 11.2 Å². The summed E-state index contributed by atoms with van der Waals surface area (Å²) in [6.45, 7) is 17.3. The molecule has 2 heterocycles. The third-order valence-electron chi connectivity index (χ3n) is 8.46. The second-order valence-corrected chi connectivity index (χ2v) is 15.5. The first-order chi connectivity index (χ1) is 23.5. The number of non-ortho nitro benzene ring substituents is 1. The Morgan fingerprint density at radius 2 is 1.47 bits per heavy atom. The molecule has 2 aromatic heterocycles. The lowest BCUT2D eigenvalue weighted by molar-refractivity contribution is -0.532. The Labute approximate surface area is 295 Å². The molecule has 0 amide bonds. The van der Waals surface area contributed by atoms with Crippen LogP contribution in [0.1, 0.15) is 114 Å². The van der Waals surface area contributed by atoms with E-state index >= 15 is 0 Å². The molecular weight excluding hydrogens is 660 g/mol. The first kappa shape index (κ1) is 40.2. The summed E-state index contributed by atoms with van der Waals surface area (Å²) < 4.78 is 14.9. The third-order valence-corrected chi connectivity index (χ3v) is 8.46. The molecule has 0 radical (unpaired) electrons. The Hall–Kier alpha value is -5.27. The number of nitro benzene ring substituents is 1. The Balaban J connectivity index is 0.000000209. The molecule has 0 fully saturated rings. The van der Waals surface area contributed by atoms with E-state index in [0.29, 0.717) is 40.3 Å². The molecule has 274 valence electrons. The van der Waals surface area contributed by atoms with Crippen molar-refractivity contribution in [2.45, 2.75) is 93.5 Å². The van der Waals surface area contributed by atoms with E-state index in [1.54, 1.807) is 19.2 Å². The highest BCUT2D eigenvalue weighted by Crippen LogP contribution is 2.45. The minimum Gasteiger partial charge on any atom is -0.497 e. The summed E-state index contributed by atoms with van der Waals surface area (Å²) in [5.41, 5.74) is 1.39. The predicted molar refractivity (Wildman–Crippen MR) is 190 cm³/mol. The molecule has 1 aliphatic rings. The molecule has 14 heteroatoms. The zero-order chi connectivity index (χ0) is 38.5. The van der Waals surface area contributed by atoms with Gasteiger partial charge < -0.3 is 9.15 Å². The highest BCUT2D eigenvalue weighted by Gasteiger charge is 2.43. The van der Waals surface area contributed by atoms with E-state index in [4.69, 9.17) is 9.15 Å². The largest absolute Gasteiger partial charge is 0.497 e. The number of hydrogen-bond donors (Lipinski definition) is 0. The van der Waals surface area contributed by atoms with E-state index in [0.717, 1.165) is 11.8 Å². The van der Waals surface area contributed by atoms with Gasteiger partial charge in [0.25, 0.3) is 11.7 Å². The topological polar surface area (TPSA) is 199 Å². The first-order valence-corrected chi connectivity index (χ1v) is 16.4. The molecule has 2 atom stereocenters. The number of ketones is 2. The monoisotopic (exact) mass is 706 g/mol. The van der Waals surface area contributed by atoms with Gasteiger partial charge >= 0.3 is 5.63 Å². The van der Waals surface area contributed by atoms with Crippen LogP contribution in [0, 0.1) is 36.5 Å². The SMILES string of the molecule is CC(C)(C)C(=O)c1ccc([N+](=O)[O-])cc1.CC(C)(C)C1CCC([N+](=O)[O-])c2nonc21.COc1ccc2c(CC(=O)C(C)(C)C)cc(=O)oc2c1. The minimum atomic E-state index is -0.750. The van der Waals surface area contributed by atoms with Crippen LogP contribution in [0.15, 0.2) is 62.4 Å². The smallest absolute Gasteiger partial charge is 0.336 e. The van der Waals surface area contributed by atoms with Crippen molar-refractivity contribution >= 4 is 28.2 Å². The number of methoxy groups -OCH3 is 1. The number of fused-ring (bicyclic) bond motifs is 2. The molecule has 5 rings (SSSR count). The molecular formula is C37H46N4O10. The van der Waals surface area contributed by atoms with Crippen LogP contribution in [0.4, 0.5) is 5.69 Å². The maximum atomic E-state index is 12.2. The zero-order valence-electron chi connectivity index (χ0n) is 30.8. The van der Waals surface area contributed by atoms with Crippen molar-refractivity contribution in [1.82, 2.24) is 10.3 Å². The maximum Gasteiger partial charge on any atom is 0.336 e. The summed E-state index contributed by atoms with van der Waals surface area (Å²) in [6.07, 6.45) is 1.49. The van der Waals surface area contributed by atoms with E-state index in [1.807, 2.05) is 47.6 Å². The average Bonchev–Trinajstić information content (AvgIpc) is 3.52. The number of carbonyl (C=O) groups excluding carboxylic acids is 2. The number of Topliss-reactive ketones (excluding diaryl/α,β-unsaturated/α-hetero) is 2. The number of nitrogens with zero attached hydrogens (tertiary/aromatic N) is 4. The van der Waals surface area contributed by atoms with Crippen LogP contribution in [0.25, 0.3) is 11.0 Å². The molecule has 2 unspecified atom stereocenters. The number of aromatic nitrogens is 2. The van der Waals surface area contributed by atoms with Crippen LogP contribution in [0.5, 0.6) is 5.75 Å². The van der Waals surface area contributed by atoms with E-state index in [9.17, 15) is 34.6 Å². The zero-order valence-corrected chi connectivity index (χ0v) is 30.8. The molecule has 51 heavy (non-hydrogen) atoms. The van der Waals surface area contributed by atoms with Crippen LogP contribution in [0.3, 0.4) is 0 Å². The fraction of sp³-hybridized carbons (Fsp3) is 0.486. The highest BCUT2D eigenvalue weighted by atomic mass is 16.6. The van der Waals surface area contributed by atoms with Crippen molar-refractivity contribution in [3.63, 3.8) is 0 Å². The number of nitro groups is 2. The minimum absolute atomic E-state index is 0.000425. The molecule has 0 bridgehead atoms. The van der Waals surface area contributed by atoms with E-state index in [-0.39, 0.29) is 39.9 Å². The molecule has 0 aliphatic heterocycles. The summed E-state index contributed by atoms with van der Waals surface area (Å²) in [5.74, 6) is 0.863. The van der Waals surface area contributed by atoms with Crippen molar-refractivity contribution in [3.8, 4) is 5.75 Å². The van der Waals surface area contributed by atoms with Gasteiger partial charge in [-0.2, -0.15) is 0 Å². The summed E-state index contributed by atoms with van der Waals surface area (Å²) in [4.78, 5) is 56.0. The molecule has 4 aromatic rings. The molecule has 0 spiro atoms. The quantitative estimate of drug-likeness (QED) is 0.0809. The lowest BCUT2D eigenvalue weighted by Gasteiger charge is -2.32. The van der Waals surface area contributed by atoms with Crippen molar-refractivity contribution in [2.75, 3.05) is 7.11 Å². The Morgan fingerprint density at radius 1 is 0.863 bits per heavy atom. The Morgan fingerprint density at radius 3 is 1.98 bits per heavy atom. The fourth-order valence-corrected chi connectivity index (χ4v) is 5.41. The molecule has 0 N–H and O–H groups in total. The summed E-state index contributed by atoms with van der Waals surface area (Å²) in [6, 6.07) is 11.6. The van der Waals surface area contributed by atoms with Gasteiger partial charge in [0.1, 0.15) is 22.8 Å². The Bertz CT molecular complexity index is 1940. The molecule has 2 aromatic carbocycles. The predicted octanol–water partition coefficient (Wildman–Crippen LogP) is 8.09. The van der Waals surface area contributed by atoms with Gasteiger partial charge in [0.05, 0.1) is 12.0 Å². The highest BCUT2D eigenvalue weighted by molar-refractivity contribution is 5.99. The normalized spacial score (nSPS) is 15.7. The van der Waals surface area contributed by atoms with Gasteiger partial charge in [-0.05, 0) is 46.8 Å². The van der Waals surface area contributed by atoms with Crippen LogP contribution in [-0.4, -0.2) is 38.8 Å². The molecule has 14 nitrogen and oxygen atoms in total. The van der Waals surface area contributed by atoms with E-state index in [1.165, 1.54) is 30.3 Å². The lowest BCUT2D eigenvalue weighted by atomic mass is 9.72. The van der Waals surface area contributed by atoms with Crippen molar-refractivity contribution < 1.29 is 33.2 Å². The van der Waals surface area contributed by atoms with Gasteiger partial charge in [-0.3, -0.25) is 29.8 Å². The van der Waals surface area contributed by atoms with E-state index in [2.05, 4.69) is 35.7 Å². The van der Waals surface area contributed by atoms with Crippen molar-refractivity contribution in [1.29, 1.82) is 0 Å². The average molecular weight is 707 g/mol. The Kier molecular flexibility index (Phi) is 12.4. The van der Waals surface area contributed by atoms with Gasteiger partial charge in [-0.25, -0.2) is 9.42 Å². The second-order valence-electron chi connectivity index (χ2n) is 15.5. The van der Waals surface area contributed by atoms with Gasteiger partial charge in [0, 0.05) is 69.7 Å². The number of benzene rings is 2. The number of ether oxygens (including phenoxy) is 1. The molecule has 0 saturated heterocycles. The standard InChI is InChI=1S/C16H18O4.C11H13NO3.C10H15N3O3/c1-16(2,3)14(17)7-10-8-15(18)20-13-9-11(19-4)5-6-12(10)13;1-11(2,3)10(13)8-4-6-9(7-5-8)12(14)15;1-10(2,3)6-4-5-7(13(14)15)9-8(6)11-16-12-9/h5-6,8-9H,7H2,1-4H3;4-7H,1-3H3;6-7H,4-5H2,1-3H3. The number of carbonyl (C=O) groups is 2. The summed E-state index contributed by atoms with van der Waals surface area (Å²) >= 11 is 0. The second kappa shape index (κ2) is 15.7. The van der Waals surface area contributed by atoms with Crippen LogP contribution < -0.4 is 10.4 Å². The van der Waals surface area contributed by atoms with Gasteiger partial charge in [-0.1, -0.05) is 67.5 Å². The summed E-state index contributed by atoms with van der Waals surface area (Å²) in [7, 11) is 1.55. The maximum absolute atomic E-state index is 12.2. The van der Waals surface area contributed by atoms with Crippen LogP contribution >= 0.6 is 0 Å². The fourth-order valence-electron chi connectivity index (χ4n) is 5.41. The third kappa shape index (κ3) is 10.4. The lowest BCUT2D eigenvalue weighted by Crippen LogP contribution is -2.27. The number of rotatable bonds is 6. The van der Waals surface area contributed by atoms with Gasteiger partial charge in [-0.15, -0.1) is 0 Å². The van der Waals surface area contributed by atoms with Crippen molar-refractivity contribution in [2.24, 2.45) is 16.2 Å². The van der Waals surface area contributed by atoms with Crippen molar-refractivity contribution in [3.05, 3.63) is 102 Å². The molecule has 0 saturated carbocycles. The van der Waals surface area contributed by atoms with Gasteiger partial charge in [0.15, 0.2) is 11.5 Å².